The number of likely N-dealkylation sites (tertiary alicyclic amines) is 1. The van der Waals surface area contributed by atoms with Crippen molar-refractivity contribution >= 4 is 46.9 Å². The Bertz CT molecular complexity index is 2590. The molecule has 1 unspecified atom stereocenters. The molecule has 8 heterocycles. The molecule has 4 aromatic rings. The largest absolute Gasteiger partial charge is 0.343 e. The molecule has 0 spiro atoms. The van der Waals surface area contributed by atoms with E-state index in [4.69, 9.17) is 5.10 Å². The van der Waals surface area contributed by atoms with Gasteiger partial charge >= 0.3 is 0 Å². The number of imide groups is 2. The molecule has 0 saturated carbocycles. The van der Waals surface area contributed by atoms with Gasteiger partial charge in [-0.25, -0.2) is 8.78 Å². The van der Waals surface area contributed by atoms with Crippen LogP contribution in [-0.4, -0.2) is 113 Å². The minimum Gasteiger partial charge on any atom is -0.343 e. The fourth-order valence-electron chi connectivity index (χ4n) is 10.6. The topological polar surface area (TPSA) is 166 Å². The van der Waals surface area contributed by atoms with Crippen LogP contribution in [0.5, 0.6) is 0 Å². The van der Waals surface area contributed by atoms with E-state index in [1.165, 1.54) is 0 Å². The second-order valence-corrected chi connectivity index (χ2v) is 18.0. The number of halogens is 2. The van der Waals surface area contributed by atoms with E-state index < -0.39 is 36.1 Å². The predicted molar refractivity (Wildman–Crippen MR) is 227 cm³/mol. The van der Waals surface area contributed by atoms with Crippen molar-refractivity contribution in [2.24, 2.45) is 7.05 Å². The van der Waals surface area contributed by atoms with Crippen LogP contribution < -0.4 is 10.2 Å². The van der Waals surface area contributed by atoms with Crippen molar-refractivity contribution in [2.45, 2.75) is 103 Å². The molecule has 2 fully saturated rings. The Labute approximate surface area is 368 Å². The normalized spacial score (nSPS) is 20.2. The number of carbonyl (C=O) groups excluding carboxylic acids is 6. The second kappa shape index (κ2) is 16.4. The average Bonchev–Trinajstić information content (AvgIpc) is 4.05. The van der Waals surface area contributed by atoms with Gasteiger partial charge in [0.25, 0.3) is 18.2 Å². The maximum atomic E-state index is 14.7. The highest BCUT2D eigenvalue weighted by Gasteiger charge is 2.45. The molecule has 10 rings (SSSR count). The predicted octanol–water partition coefficient (Wildman–Crippen LogP) is 4.57. The monoisotopic (exact) mass is 876 g/mol. The number of aromatic nitrogens is 4. The number of anilines is 2. The molecule has 2 aromatic carbocycles. The molecular weight excluding hydrogens is 827 g/mol. The fraction of sp³-hybridized carbons (Fsp3) is 0.478. The Morgan fingerprint density at radius 1 is 0.844 bits per heavy atom. The fourth-order valence-corrected chi connectivity index (χ4v) is 10.6. The second-order valence-electron chi connectivity index (χ2n) is 18.0. The van der Waals surface area contributed by atoms with Gasteiger partial charge in [-0.1, -0.05) is 0 Å². The SMILES string of the molecule is CC(=O)N1CCc2c(c(N3CCCc4cc(-c5cnn(C)c5)c(C(F)F)cc43)nn2C2CCN(C(=O)CCCN3Cc4cc5c(cc4C3)C(=O)N(C3CCC(=O)NC3=O)C5=O)CC2)C1. The van der Waals surface area contributed by atoms with Crippen molar-refractivity contribution < 1.29 is 37.5 Å². The highest BCUT2D eigenvalue weighted by Crippen LogP contribution is 2.44. The van der Waals surface area contributed by atoms with E-state index in [9.17, 15) is 37.5 Å². The molecule has 1 N–H and O–H groups in total. The van der Waals surface area contributed by atoms with Crippen LogP contribution >= 0.6 is 0 Å². The number of aryl methyl sites for hydroxylation is 2. The van der Waals surface area contributed by atoms with Crippen LogP contribution in [-0.2, 0) is 58.7 Å². The highest BCUT2D eigenvalue weighted by molar-refractivity contribution is 6.23. The number of rotatable bonds is 9. The molecule has 0 bridgehead atoms. The number of nitrogens with zero attached hydrogens (tertiary/aromatic N) is 9. The first-order valence-corrected chi connectivity index (χ1v) is 22.3. The summed E-state index contributed by atoms with van der Waals surface area (Å²) in [4.78, 5) is 86.0. The summed E-state index contributed by atoms with van der Waals surface area (Å²) in [6.07, 6.45) is 5.46. The van der Waals surface area contributed by atoms with Gasteiger partial charge in [-0.15, -0.1) is 0 Å². The van der Waals surface area contributed by atoms with Crippen LogP contribution in [0, 0.1) is 0 Å². The number of amides is 6. The van der Waals surface area contributed by atoms with Crippen molar-refractivity contribution in [1.82, 2.24) is 44.5 Å². The number of benzene rings is 2. The van der Waals surface area contributed by atoms with Crippen LogP contribution in [0.3, 0.4) is 0 Å². The Kier molecular flexibility index (Phi) is 10.7. The van der Waals surface area contributed by atoms with Crippen molar-refractivity contribution in [3.05, 3.63) is 81.3 Å². The number of fused-ring (bicyclic) bond motifs is 4. The molecule has 334 valence electrons. The third-order valence-electron chi connectivity index (χ3n) is 14.0. The maximum absolute atomic E-state index is 14.7. The zero-order valence-electron chi connectivity index (χ0n) is 35.9. The van der Waals surface area contributed by atoms with Crippen LogP contribution in [0.1, 0.15) is 119 Å². The summed E-state index contributed by atoms with van der Waals surface area (Å²) in [7, 11) is 1.76. The third kappa shape index (κ3) is 7.34. The van der Waals surface area contributed by atoms with E-state index in [0.29, 0.717) is 107 Å². The van der Waals surface area contributed by atoms with Gasteiger partial charge in [0.2, 0.25) is 23.6 Å². The Hall–Kier alpha value is -6.30. The first-order chi connectivity index (χ1) is 30.8. The van der Waals surface area contributed by atoms with E-state index in [0.717, 1.165) is 45.7 Å². The molecule has 2 saturated heterocycles. The number of hydrogen-bond donors (Lipinski definition) is 1. The van der Waals surface area contributed by atoms with Gasteiger partial charge in [0.1, 0.15) is 6.04 Å². The quantitative estimate of drug-likeness (QED) is 0.236. The molecule has 18 heteroatoms. The van der Waals surface area contributed by atoms with Crippen molar-refractivity contribution in [1.29, 1.82) is 0 Å². The van der Waals surface area contributed by atoms with Crippen molar-refractivity contribution in [3.63, 3.8) is 0 Å². The van der Waals surface area contributed by atoms with E-state index in [2.05, 4.69) is 24.9 Å². The molecular formula is C46H50F2N10O6. The van der Waals surface area contributed by atoms with Crippen LogP contribution in [0.25, 0.3) is 11.1 Å². The lowest BCUT2D eigenvalue weighted by Gasteiger charge is -2.34. The smallest absolute Gasteiger partial charge is 0.264 e. The minimum atomic E-state index is -2.69. The van der Waals surface area contributed by atoms with E-state index in [1.807, 2.05) is 15.9 Å². The molecule has 6 aliphatic heterocycles. The van der Waals surface area contributed by atoms with Gasteiger partial charge in [0.15, 0.2) is 5.82 Å². The maximum Gasteiger partial charge on any atom is 0.264 e. The number of carbonyl (C=O) groups is 6. The first-order valence-electron chi connectivity index (χ1n) is 22.3. The first kappa shape index (κ1) is 41.7. The minimum absolute atomic E-state index is 0.0260. The summed E-state index contributed by atoms with van der Waals surface area (Å²) >= 11 is 0. The number of piperidine rings is 2. The number of nitrogens with one attached hydrogen (secondary N) is 1. The van der Waals surface area contributed by atoms with E-state index >= 15 is 0 Å². The van der Waals surface area contributed by atoms with Crippen LogP contribution in [0.2, 0.25) is 0 Å². The summed E-state index contributed by atoms with van der Waals surface area (Å²) in [5, 5.41) is 11.7. The van der Waals surface area contributed by atoms with Gasteiger partial charge < -0.3 is 14.7 Å². The molecule has 16 nitrogen and oxygen atoms in total. The van der Waals surface area contributed by atoms with Crippen molar-refractivity contribution in [3.8, 4) is 11.1 Å². The lowest BCUT2D eigenvalue weighted by atomic mass is 9.92. The van der Waals surface area contributed by atoms with Gasteiger partial charge in [0, 0.05) is 107 Å². The standard InChI is InChI=1S/C46H50F2N10O6/c1-26(59)55-16-11-37-36(25-55)43(56-13-3-5-27-17-32(30-21-49-52(2)22-30)33(42(47)48)20-39(27)56)51-58(37)31-9-14-54(15-10-31)41(61)6-4-12-53-23-28-18-34-35(19-29(28)24-53)46(64)57(45(34)63)38-7-8-40(60)50-44(38)62/h17-22,31,38,42H,3-16,23-25H2,1-2H3,(H,50,60,62). The summed E-state index contributed by atoms with van der Waals surface area (Å²) in [6.45, 7) is 6.09. The van der Waals surface area contributed by atoms with Gasteiger partial charge in [-0.3, -0.25) is 53.2 Å². The zero-order chi connectivity index (χ0) is 44.6. The van der Waals surface area contributed by atoms with Gasteiger partial charge in [-0.2, -0.15) is 10.2 Å². The van der Waals surface area contributed by atoms with Crippen molar-refractivity contribution in [2.75, 3.05) is 37.6 Å². The summed E-state index contributed by atoms with van der Waals surface area (Å²) in [5.41, 5.74) is 7.18. The summed E-state index contributed by atoms with van der Waals surface area (Å²) in [5.74, 6) is -1.33. The Morgan fingerprint density at radius 3 is 2.22 bits per heavy atom. The van der Waals surface area contributed by atoms with E-state index in [1.54, 1.807) is 49.2 Å². The van der Waals surface area contributed by atoms with Gasteiger partial charge in [-0.05, 0) is 91.6 Å². The molecule has 2 aromatic heterocycles. The molecule has 6 aliphatic rings. The molecule has 6 amide bonds. The summed E-state index contributed by atoms with van der Waals surface area (Å²) in [6, 6.07) is 6.01. The summed E-state index contributed by atoms with van der Waals surface area (Å²) < 4.78 is 33.1. The number of alkyl halides is 2. The van der Waals surface area contributed by atoms with Crippen LogP contribution in [0.15, 0.2) is 36.7 Å². The molecule has 0 radical (unpaired) electrons. The van der Waals surface area contributed by atoms with Crippen LogP contribution in [0.4, 0.5) is 20.3 Å². The molecule has 0 aliphatic carbocycles. The third-order valence-corrected chi connectivity index (χ3v) is 14.0. The number of hydrogen-bond acceptors (Lipinski definition) is 10. The Morgan fingerprint density at radius 2 is 1.56 bits per heavy atom. The highest BCUT2D eigenvalue weighted by atomic mass is 19.3. The zero-order valence-corrected chi connectivity index (χ0v) is 35.9. The van der Waals surface area contributed by atoms with Gasteiger partial charge in [0.05, 0.1) is 29.9 Å². The lowest BCUT2D eigenvalue weighted by molar-refractivity contribution is -0.136. The Balaban J connectivity index is 0.785. The molecule has 1 atom stereocenters. The molecule has 64 heavy (non-hydrogen) atoms. The lowest BCUT2D eigenvalue weighted by Crippen LogP contribution is -2.54. The average molecular weight is 877 g/mol. The van der Waals surface area contributed by atoms with E-state index in [-0.39, 0.29) is 47.4 Å².